The van der Waals surface area contributed by atoms with Gasteiger partial charge in [0.25, 0.3) is 0 Å². The summed E-state index contributed by atoms with van der Waals surface area (Å²) in [5.41, 5.74) is 7.70. The lowest BCUT2D eigenvalue weighted by Crippen LogP contribution is -1.97. The Kier molecular flexibility index (Phi) is 3.51. The number of aryl methyl sites for hydroxylation is 1. The van der Waals surface area contributed by atoms with Gasteiger partial charge in [0.1, 0.15) is 0 Å². The van der Waals surface area contributed by atoms with Crippen LogP contribution in [0.2, 0.25) is 0 Å². The van der Waals surface area contributed by atoms with Crippen molar-refractivity contribution < 1.29 is 0 Å². The maximum absolute atomic E-state index is 5.64. The van der Waals surface area contributed by atoms with E-state index in [1.807, 2.05) is 36.8 Å². The van der Waals surface area contributed by atoms with Crippen LogP contribution in [0.1, 0.15) is 12.6 Å². The number of thioether (sulfide) groups is 1. The molecule has 0 radical (unpaired) electrons. The zero-order valence-corrected chi connectivity index (χ0v) is 10.1. The molecule has 2 N–H and O–H groups in total. The van der Waals surface area contributed by atoms with E-state index in [2.05, 4.69) is 16.5 Å². The molecule has 84 valence electrons. The number of benzene rings is 1. The highest BCUT2D eigenvalue weighted by Gasteiger charge is 2.01. The van der Waals surface area contributed by atoms with Crippen molar-refractivity contribution in [1.29, 1.82) is 0 Å². The van der Waals surface area contributed by atoms with Crippen LogP contribution in [-0.4, -0.2) is 9.55 Å². The Morgan fingerprint density at radius 3 is 2.75 bits per heavy atom. The average molecular weight is 233 g/mol. The van der Waals surface area contributed by atoms with Gasteiger partial charge in [-0.25, -0.2) is 4.98 Å². The molecule has 2 aromatic rings. The van der Waals surface area contributed by atoms with Gasteiger partial charge < -0.3 is 10.3 Å². The van der Waals surface area contributed by atoms with Crippen LogP contribution < -0.4 is 5.73 Å². The lowest BCUT2D eigenvalue weighted by atomic mass is 10.3. The number of rotatable bonds is 4. The van der Waals surface area contributed by atoms with Crippen LogP contribution in [-0.2, 0) is 12.3 Å². The summed E-state index contributed by atoms with van der Waals surface area (Å²) in [6.07, 6.45) is 3.80. The van der Waals surface area contributed by atoms with Gasteiger partial charge in [-0.15, -0.1) is 11.8 Å². The first-order valence-corrected chi connectivity index (χ1v) is 6.25. The molecule has 0 fully saturated rings. The lowest BCUT2D eigenvalue weighted by Gasteiger charge is -2.05. The summed E-state index contributed by atoms with van der Waals surface area (Å²) in [5, 5.41) is 0. The van der Waals surface area contributed by atoms with E-state index in [9.17, 15) is 0 Å². The summed E-state index contributed by atoms with van der Waals surface area (Å²) in [6.45, 7) is 3.09. The van der Waals surface area contributed by atoms with E-state index in [4.69, 9.17) is 5.73 Å². The molecule has 1 heterocycles. The first kappa shape index (κ1) is 11.1. The van der Waals surface area contributed by atoms with Crippen LogP contribution in [0.25, 0.3) is 0 Å². The second kappa shape index (κ2) is 5.07. The van der Waals surface area contributed by atoms with Crippen LogP contribution in [0.3, 0.4) is 0 Å². The van der Waals surface area contributed by atoms with Crippen LogP contribution >= 0.6 is 11.8 Å². The quantitative estimate of drug-likeness (QED) is 0.652. The van der Waals surface area contributed by atoms with E-state index in [0.29, 0.717) is 0 Å². The summed E-state index contributed by atoms with van der Waals surface area (Å²) in [6, 6.07) is 7.96. The molecule has 0 unspecified atom stereocenters. The normalized spacial score (nSPS) is 10.6. The van der Waals surface area contributed by atoms with E-state index < -0.39 is 0 Å². The Morgan fingerprint density at radius 1 is 1.31 bits per heavy atom. The Balaban J connectivity index is 1.99. The largest absolute Gasteiger partial charge is 0.399 e. The molecule has 0 atom stereocenters. The highest BCUT2D eigenvalue weighted by Crippen LogP contribution is 2.23. The predicted molar refractivity (Wildman–Crippen MR) is 68.3 cm³/mol. The topological polar surface area (TPSA) is 43.8 Å². The van der Waals surface area contributed by atoms with Gasteiger partial charge in [-0.05, 0) is 31.2 Å². The Bertz CT molecular complexity index is 448. The zero-order valence-electron chi connectivity index (χ0n) is 9.26. The molecule has 0 aliphatic carbocycles. The van der Waals surface area contributed by atoms with E-state index in [1.54, 1.807) is 11.8 Å². The average Bonchev–Trinajstić information content (AvgIpc) is 2.76. The summed E-state index contributed by atoms with van der Waals surface area (Å²) >= 11 is 1.80. The van der Waals surface area contributed by atoms with Gasteiger partial charge in [0, 0.05) is 34.8 Å². The van der Waals surface area contributed by atoms with E-state index in [-0.39, 0.29) is 0 Å². The van der Waals surface area contributed by atoms with Gasteiger partial charge in [0.2, 0.25) is 0 Å². The molecule has 1 aromatic heterocycles. The van der Waals surface area contributed by atoms with Gasteiger partial charge in [0.05, 0.1) is 6.33 Å². The maximum atomic E-state index is 5.64. The Hall–Kier alpha value is -1.42. The van der Waals surface area contributed by atoms with Gasteiger partial charge in [0.15, 0.2) is 0 Å². The number of anilines is 1. The summed E-state index contributed by atoms with van der Waals surface area (Å²) in [5.74, 6) is 0.942. The minimum absolute atomic E-state index is 0.808. The van der Waals surface area contributed by atoms with Crippen molar-refractivity contribution in [1.82, 2.24) is 9.55 Å². The SMILES string of the molecule is CCn1cncc1CSc1ccc(N)cc1. The highest BCUT2D eigenvalue weighted by atomic mass is 32.2. The fourth-order valence-electron chi connectivity index (χ4n) is 1.47. The number of hydrogen-bond acceptors (Lipinski definition) is 3. The fourth-order valence-corrected chi connectivity index (χ4v) is 2.36. The third kappa shape index (κ3) is 2.58. The van der Waals surface area contributed by atoms with Crippen molar-refractivity contribution in [3.05, 3.63) is 42.5 Å². The van der Waals surface area contributed by atoms with Crippen LogP contribution in [0.15, 0.2) is 41.7 Å². The first-order chi connectivity index (χ1) is 7.79. The summed E-state index contributed by atoms with van der Waals surface area (Å²) in [7, 11) is 0. The van der Waals surface area contributed by atoms with Gasteiger partial charge >= 0.3 is 0 Å². The molecule has 4 heteroatoms. The maximum Gasteiger partial charge on any atom is 0.0948 e. The highest BCUT2D eigenvalue weighted by molar-refractivity contribution is 7.98. The fraction of sp³-hybridized carbons (Fsp3) is 0.250. The summed E-state index contributed by atoms with van der Waals surface area (Å²) < 4.78 is 2.16. The van der Waals surface area contributed by atoms with Crippen molar-refractivity contribution in [2.24, 2.45) is 0 Å². The predicted octanol–water partition coefficient (Wildman–Crippen LogP) is 2.78. The lowest BCUT2D eigenvalue weighted by molar-refractivity contribution is 0.734. The van der Waals surface area contributed by atoms with Gasteiger partial charge in [-0.3, -0.25) is 0 Å². The molecule has 3 nitrogen and oxygen atoms in total. The molecule has 0 bridgehead atoms. The molecule has 0 aliphatic rings. The van der Waals surface area contributed by atoms with E-state index in [1.165, 1.54) is 10.6 Å². The third-order valence-corrected chi connectivity index (χ3v) is 3.45. The molecule has 0 saturated carbocycles. The Morgan fingerprint density at radius 2 is 2.06 bits per heavy atom. The molecule has 16 heavy (non-hydrogen) atoms. The molecule has 0 amide bonds. The monoisotopic (exact) mass is 233 g/mol. The smallest absolute Gasteiger partial charge is 0.0948 e. The van der Waals surface area contributed by atoms with Crippen LogP contribution in [0.5, 0.6) is 0 Å². The molecular weight excluding hydrogens is 218 g/mol. The van der Waals surface area contributed by atoms with Crippen molar-refractivity contribution in [2.75, 3.05) is 5.73 Å². The van der Waals surface area contributed by atoms with Crippen molar-refractivity contribution >= 4 is 17.4 Å². The Labute approximate surface area is 99.7 Å². The molecular formula is C12H15N3S. The molecule has 1 aromatic carbocycles. The van der Waals surface area contributed by atoms with Gasteiger partial charge in [-0.1, -0.05) is 0 Å². The van der Waals surface area contributed by atoms with E-state index >= 15 is 0 Å². The zero-order chi connectivity index (χ0) is 11.4. The number of hydrogen-bond donors (Lipinski definition) is 1. The van der Waals surface area contributed by atoms with Crippen LogP contribution in [0, 0.1) is 0 Å². The van der Waals surface area contributed by atoms with Crippen molar-refractivity contribution in [2.45, 2.75) is 24.1 Å². The molecule has 0 aliphatic heterocycles. The minimum Gasteiger partial charge on any atom is -0.399 e. The standard InChI is InChI=1S/C12H15N3S/c1-2-15-9-14-7-11(15)8-16-12-5-3-10(13)4-6-12/h3-7,9H,2,8,13H2,1H3. The number of nitrogen functional groups attached to an aromatic ring is 1. The van der Waals surface area contributed by atoms with Crippen LogP contribution in [0.4, 0.5) is 5.69 Å². The minimum atomic E-state index is 0.808. The molecule has 0 saturated heterocycles. The number of imidazole rings is 1. The van der Waals surface area contributed by atoms with Gasteiger partial charge in [-0.2, -0.15) is 0 Å². The second-order valence-electron chi connectivity index (χ2n) is 3.53. The van der Waals surface area contributed by atoms with E-state index in [0.717, 1.165) is 18.0 Å². The van der Waals surface area contributed by atoms with Crippen molar-refractivity contribution in [3.8, 4) is 0 Å². The first-order valence-electron chi connectivity index (χ1n) is 5.27. The number of nitrogens with zero attached hydrogens (tertiary/aromatic N) is 2. The summed E-state index contributed by atoms with van der Waals surface area (Å²) in [4.78, 5) is 5.38. The third-order valence-electron chi connectivity index (χ3n) is 2.41. The number of nitrogens with two attached hydrogens (primary N) is 1. The number of aromatic nitrogens is 2. The van der Waals surface area contributed by atoms with Crippen molar-refractivity contribution in [3.63, 3.8) is 0 Å². The molecule has 2 rings (SSSR count). The second-order valence-corrected chi connectivity index (χ2v) is 4.58. The molecule has 0 spiro atoms.